The van der Waals surface area contributed by atoms with Crippen molar-refractivity contribution in [3.05, 3.63) is 87.9 Å². The monoisotopic (exact) mass is 741 g/mol. The third-order valence-electron chi connectivity index (χ3n) is 9.85. The molecule has 0 radical (unpaired) electrons. The maximum absolute atomic E-state index is 14.4. The number of carbonyl (C=O) groups is 4. The van der Waals surface area contributed by atoms with Gasteiger partial charge in [-0.05, 0) is 43.2 Å². The van der Waals surface area contributed by atoms with E-state index in [1.165, 1.54) is 23.1 Å². The lowest BCUT2D eigenvalue weighted by molar-refractivity contribution is -0.133. The smallest absolute Gasteiger partial charge is 0.271 e. The summed E-state index contributed by atoms with van der Waals surface area (Å²) in [6, 6.07) is 15.6. The number of nitrogens with zero attached hydrogens (tertiary/aromatic N) is 4. The predicted molar refractivity (Wildman–Crippen MR) is 201 cm³/mol. The molecular weight excluding hydrogens is 699 g/mol. The Hall–Kier alpha value is -4.56. The van der Waals surface area contributed by atoms with Crippen LogP contribution in [0.4, 0.5) is 0 Å². The summed E-state index contributed by atoms with van der Waals surface area (Å²) in [7, 11) is 0. The van der Waals surface area contributed by atoms with Gasteiger partial charge in [-0.25, -0.2) is 9.98 Å². The second kappa shape index (κ2) is 15.6. The summed E-state index contributed by atoms with van der Waals surface area (Å²) in [6.45, 7) is 6.28. The number of carbonyl (C=O) groups excluding carboxylic acids is 4. The summed E-state index contributed by atoms with van der Waals surface area (Å²) < 4.78 is 6.20. The Balaban J connectivity index is 1.26. The third kappa shape index (κ3) is 7.77. The highest BCUT2D eigenvalue weighted by atomic mass is 32.2. The summed E-state index contributed by atoms with van der Waals surface area (Å²) in [4.78, 5) is 71.9. The van der Waals surface area contributed by atoms with Crippen LogP contribution in [0.1, 0.15) is 66.3 Å². The molecule has 0 unspecified atom stereocenters. The second-order valence-corrected chi connectivity index (χ2v) is 15.9. The lowest BCUT2D eigenvalue weighted by atomic mass is 10.0. The van der Waals surface area contributed by atoms with Crippen LogP contribution in [0.25, 0.3) is 0 Å². The number of hydrogen-bond donors (Lipinski definition) is 3. The van der Waals surface area contributed by atoms with Crippen molar-refractivity contribution in [3.63, 3.8) is 0 Å². The van der Waals surface area contributed by atoms with Gasteiger partial charge >= 0.3 is 0 Å². The third-order valence-corrected chi connectivity index (χ3v) is 11.9. The standard InChI is InChI=1S/C38H43N7O5S2/c1-21(2)30-37-42-28(20-52-37)32(46)39-25(17-23-11-6-4-7-12-23)36-41-27(19-51-36)33(47)40-26(18-24-13-8-5-9-14-24)38(49)45-16-10-15-29(45)35-44-31(22(3)50-35)34(48)43-30/h4-9,11-14,19,21-22,25-26,28-31H,10,15-18,20H2,1-3H3,(H,39,46)(H,40,47)(H,43,48)/t22-,25+,26+,28+,29+,30+,31+/m1/s1. The number of amides is 4. The van der Waals surface area contributed by atoms with E-state index in [0.717, 1.165) is 17.5 Å². The molecule has 7 rings (SSSR count). The van der Waals surface area contributed by atoms with Gasteiger partial charge < -0.3 is 25.6 Å². The van der Waals surface area contributed by atoms with E-state index >= 15 is 0 Å². The van der Waals surface area contributed by atoms with E-state index in [0.29, 0.717) is 41.1 Å². The van der Waals surface area contributed by atoms with Gasteiger partial charge in [-0.3, -0.25) is 24.2 Å². The zero-order chi connectivity index (χ0) is 36.4. The van der Waals surface area contributed by atoms with Crippen molar-refractivity contribution >= 4 is 57.7 Å². The molecule has 2 aromatic carbocycles. The Labute approximate surface area is 311 Å². The van der Waals surface area contributed by atoms with E-state index in [1.54, 1.807) is 17.2 Å². The Morgan fingerprint density at radius 2 is 1.58 bits per heavy atom. The number of nitrogens with one attached hydrogen (secondary N) is 3. The van der Waals surface area contributed by atoms with Crippen LogP contribution in [-0.2, 0) is 32.0 Å². The zero-order valence-corrected chi connectivity index (χ0v) is 31.0. The Morgan fingerprint density at radius 1 is 0.885 bits per heavy atom. The number of aliphatic imine (C=N–C) groups is 2. The summed E-state index contributed by atoms with van der Waals surface area (Å²) in [5, 5.41) is 12.2. The topological polar surface area (TPSA) is 154 Å². The van der Waals surface area contributed by atoms with Crippen molar-refractivity contribution in [2.75, 3.05) is 12.3 Å². The average molecular weight is 742 g/mol. The Kier molecular flexibility index (Phi) is 10.7. The van der Waals surface area contributed by atoms with Crippen molar-refractivity contribution < 1.29 is 23.9 Å². The molecule has 6 bridgehead atoms. The molecule has 4 aliphatic rings. The quantitative estimate of drug-likeness (QED) is 0.360. The molecule has 3 N–H and O–H groups in total. The minimum absolute atomic E-state index is 0.00574. The minimum Gasteiger partial charge on any atom is -0.474 e. The van der Waals surface area contributed by atoms with Crippen molar-refractivity contribution in [1.29, 1.82) is 0 Å². The molecule has 4 amide bonds. The fraction of sp³-hybridized carbons (Fsp3) is 0.447. The van der Waals surface area contributed by atoms with Crippen LogP contribution in [0.3, 0.4) is 0 Å². The second-order valence-electron chi connectivity index (χ2n) is 14.0. The zero-order valence-electron chi connectivity index (χ0n) is 29.4. The highest BCUT2D eigenvalue weighted by Gasteiger charge is 2.44. The molecule has 52 heavy (non-hydrogen) atoms. The van der Waals surface area contributed by atoms with E-state index in [-0.39, 0.29) is 35.8 Å². The number of fused-ring (bicyclic) bond motifs is 6. The van der Waals surface area contributed by atoms with Gasteiger partial charge in [0.25, 0.3) is 5.91 Å². The number of thiazole rings is 1. The van der Waals surface area contributed by atoms with Crippen LogP contribution >= 0.6 is 23.1 Å². The van der Waals surface area contributed by atoms with Gasteiger partial charge in [-0.2, -0.15) is 0 Å². The van der Waals surface area contributed by atoms with Crippen molar-refractivity contribution in [1.82, 2.24) is 25.8 Å². The summed E-state index contributed by atoms with van der Waals surface area (Å²) in [5.41, 5.74) is 2.06. The first-order chi connectivity index (χ1) is 25.1. The summed E-state index contributed by atoms with van der Waals surface area (Å²) in [5.74, 6) is -0.510. The molecule has 3 aromatic rings. The Bertz CT molecular complexity index is 1870. The molecule has 1 aromatic heterocycles. The van der Waals surface area contributed by atoms with Gasteiger partial charge in [0.05, 0.1) is 17.1 Å². The molecule has 272 valence electrons. The van der Waals surface area contributed by atoms with E-state index in [9.17, 15) is 19.2 Å². The van der Waals surface area contributed by atoms with Gasteiger partial charge in [-0.15, -0.1) is 23.1 Å². The molecule has 1 saturated heterocycles. The first kappa shape index (κ1) is 35.8. The number of ether oxygens (including phenoxy) is 1. The molecule has 7 atom stereocenters. The molecule has 5 heterocycles. The molecule has 0 saturated carbocycles. The van der Waals surface area contributed by atoms with E-state index in [1.807, 2.05) is 74.5 Å². The SMILES string of the molecule is CC(C)[C@@H]1NC(=O)[C@H]2N=C(O[C@@H]2C)[C@@H]2CCCN2C(=O)[C@H](Cc2ccccc2)NC(=O)c2csc(n2)[C@H](Cc2ccccc2)NC(=O)[C@@H]2CSC1=N2. The summed E-state index contributed by atoms with van der Waals surface area (Å²) in [6.07, 6.45) is 1.53. The average Bonchev–Trinajstić information content (AvgIpc) is 3.97. The molecule has 0 spiro atoms. The Morgan fingerprint density at radius 3 is 2.27 bits per heavy atom. The lowest BCUT2D eigenvalue weighted by Crippen LogP contribution is -2.52. The number of rotatable bonds is 5. The minimum atomic E-state index is -0.897. The predicted octanol–water partition coefficient (Wildman–Crippen LogP) is 3.73. The molecule has 4 aliphatic heterocycles. The van der Waals surface area contributed by atoms with Crippen LogP contribution in [0.5, 0.6) is 0 Å². The van der Waals surface area contributed by atoms with E-state index in [2.05, 4.69) is 16.0 Å². The number of hydrogen-bond acceptors (Lipinski definition) is 10. The maximum atomic E-state index is 14.4. The van der Waals surface area contributed by atoms with Gasteiger partial charge in [0.15, 0.2) is 6.04 Å². The molecule has 1 fully saturated rings. The molecule has 12 nitrogen and oxygen atoms in total. The van der Waals surface area contributed by atoms with Crippen LogP contribution in [0.15, 0.2) is 76.0 Å². The van der Waals surface area contributed by atoms with Crippen molar-refractivity contribution in [2.45, 2.75) is 88.8 Å². The first-order valence-electron chi connectivity index (χ1n) is 17.8. The molecular formula is C38H43N7O5S2. The normalized spacial score (nSPS) is 28.2. The van der Waals surface area contributed by atoms with Crippen LogP contribution in [-0.4, -0.2) is 93.1 Å². The largest absolute Gasteiger partial charge is 0.474 e. The fourth-order valence-corrected chi connectivity index (χ4v) is 9.17. The molecule has 14 heteroatoms. The van der Waals surface area contributed by atoms with Crippen molar-refractivity contribution in [2.24, 2.45) is 15.9 Å². The van der Waals surface area contributed by atoms with Crippen LogP contribution in [0, 0.1) is 5.92 Å². The van der Waals surface area contributed by atoms with Gasteiger partial charge in [0.2, 0.25) is 23.6 Å². The van der Waals surface area contributed by atoms with Gasteiger partial charge in [0, 0.05) is 24.1 Å². The highest BCUT2D eigenvalue weighted by Crippen LogP contribution is 2.29. The number of thioether (sulfide) groups is 1. The van der Waals surface area contributed by atoms with Gasteiger partial charge in [0.1, 0.15) is 34.9 Å². The maximum Gasteiger partial charge on any atom is 0.271 e. The van der Waals surface area contributed by atoms with Crippen LogP contribution in [0.2, 0.25) is 0 Å². The first-order valence-corrected chi connectivity index (χ1v) is 19.7. The molecule has 0 aliphatic carbocycles. The fourth-order valence-electron chi connectivity index (χ4n) is 7.05. The lowest BCUT2D eigenvalue weighted by Gasteiger charge is -2.29. The van der Waals surface area contributed by atoms with Crippen molar-refractivity contribution in [3.8, 4) is 0 Å². The number of aromatic nitrogens is 1. The van der Waals surface area contributed by atoms with E-state index in [4.69, 9.17) is 19.7 Å². The number of benzene rings is 2. The summed E-state index contributed by atoms with van der Waals surface area (Å²) >= 11 is 2.75. The van der Waals surface area contributed by atoms with Gasteiger partial charge in [-0.1, -0.05) is 74.5 Å². The highest BCUT2D eigenvalue weighted by molar-refractivity contribution is 8.14. The van der Waals surface area contributed by atoms with E-state index < -0.39 is 48.3 Å². The van der Waals surface area contributed by atoms with Crippen LogP contribution < -0.4 is 16.0 Å².